The Morgan fingerprint density at radius 1 is 0.967 bits per heavy atom. The highest BCUT2D eigenvalue weighted by molar-refractivity contribution is 5.81. The molecule has 3 heterocycles. The summed E-state index contributed by atoms with van der Waals surface area (Å²) in [4.78, 5) is 21.3. The molecule has 1 N–H and O–H groups in total. The molecular weight excluding hydrogens is 378 g/mol. The third kappa shape index (κ3) is 3.97. The van der Waals surface area contributed by atoms with Gasteiger partial charge < -0.3 is 19.6 Å². The van der Waals surface area contributed by atoms with Gasteiger partial charge in [0.15, 0.2) is 0 Å². The molecule has 0 spiro atoms. The van der Waals surface area contributed by atoms with E-state index in [0.717, 1.165) is 54.1 Å². The fraction of sp³-hybridized carbons (Fsp3) is 0.435. The topological polar surface area (TPSA) is 74.5 Å². The van der Waals surface area contributed by atoms with Crippen LogP contribution in [0.2, 0.25) is 0 Å². The van der Waals surface area contributed by atoms with Crippen molar-refractivity contribution in [2.75, 3.05) is 31.1 Å². The number of pyridine rings is 1. The monoisotopic (exact) mass is 405 g/mol. The van der Waals surface area contributed by atoms with Gasteiger partial charge in [0.2, 0.25) is 5.88 Å². The normalized spacial score (nSPS) is 18.0. The van der Waals surface area contributed by atoms with Crippen LogP contribution in [-0.4, -0.2) is 53.3 Å². The smallest absolute Gasteiger partial charge is 0.317 e. The molecule has 7 nitrogen and oxygen atoms in total. The maximum atomic E-state index is 12.6. The summed E-state index contributed by atoms with van der Waals surface area (Å²) in [6.07, 6.45) is 5.95. The standard InChI is InChI=1S/C23H27N5O2/c29-23(24-18-7-2-1-3-8-18)28-14-12-27(13-15-28)22-16-21(26-30-22)20-11-10-17-6-4-5-9-19(17)25-20/h4-6,9-11,16,18H,1-3,7-8,12-15H2,(H,24,29). The molecule has 2 fully saturated rings. The minimum atomic E-state index is 0.0696. The van der Waals surface area contributed by atoms with Gasteiger partial charge in [-0.15, -0.1) is 0 Å². The van der Waals surface area contributed by atoms with Crippen molar-refractivity contribution < 1.29 is 9.32 Å². The van der Waals surface area contributed by atoms with Crippen molar-refractivity contribution >= 4 is 22.8 Å². The highest BCUT2D eigenvalue weighted by Crippen LogP contribution is 2.25. The minimum Gasteiger partial charge on any atom is -0.338 e. The lowest BCUT2D eigenvalue weighted by Gasteiger charge is -2.35. The molecule has 1 aliphatic carbocycles. The first kappa shape index (κ1) is 18.9. The van der Waals surface area contributed by atoms with Crippen molar-refractivity contribution in [2.45, 2.75) is 38.1 Å². The van der Waals surface area contributed by atoms with Crippen LogP contribution < -0.4 is 10.2 Å². The summed E-state index contributed by atoms with van der Waals surface area (Å²) in [5, 5.41) is 8.54. The number of rotatable bonds is 3. The summed E-state index contributed by atoms with van der Waals surface area (Å²) in [7, 11) is 0. The van der Waals surface area contributed by atoms with Crippen LogP contribution in [0, 0.1) is 0 Å². The zero-order chi connectivity index (χ0) is 20.3. The quantitative estimate of drug-likeness (QED) is 0.711. The predicted octanol–water partition coefficient (Wildman–Crippen LogP) is 4.05. The zero-order valence-corrected chi connectivity index (χ0v) is 17.1. The molecular formula is C23H27N5O2. The van der Waals surface area contributed by atoms with Crippen LogP contribution in [-0.2, 0) is 0 Å². The molecule has 0 unspecified atom stereocenters. The molecule has 5 rings (SSSR count). The second kappa shape index (κ2) is 8.34. The van der Waals surface area contributed by atoms with Gasteiger partial charge in [-0.25, -0.2) is 9.78 Å². The van der Waals surface area contributed by atoms with E-state index in [1.807, 2.05) is 41.3 Å². The lowest BCUT2D eigenvalue weighted by Crippen LogP contribution is -2.53. The number of benzene rings is 1. The minimum absolute atomic E-state index is 0.0696. The number of carbonyl (C=O) groups is 1. The van der Waals surface area contributed by atoms with Gasteiger partial charge in [-0.3, -0.25) is 0 Å². The van der Waals surface area contributed by atoms with Crippen LogP contribution in [0.25, 0.3) is 22.3 Å². The molecule has 0 bridgehead atoms. The van der Waals surface area contributed by atoms with E-state index in [9.17, 15) is 4.79 Å². The third-order valence-electron chi connectivity index (χ3n) is 6.17. The number of urea groups is 1. The molecule has 1 aromatic carbocycles. The fourth-order valence-electron chi connectivity index (χ4n) is 4.39. The van der Waals surface area contributed by atoms with E-state index in [1.54, 1.807) is 0 Å². The van der Waals surface area contributed by atoms with Gasteiger partial charge in [0, 0.05) is 43.7 Å². The highest BCUT2D eigenvalue weighted by Gasteiger charge is 2.25. The van der Waals surface area contributed by atoms with E-state index in [-0.39, 0.29) is 6.03 Å². The maximum absolute atomic E-state index is 12.6. The van der Waals surface area contributed by atoms with Crippen molar-refractivity contribution in [3.8, 4) is 11.4 Å². The molecule has 1 saturated heterocycles. The van der Waals surface area contributed by atoms with E-state index in [0.29, 0.717) is 19.1 Å². The SMILES string of the molecule is O=C(NC1CCCCC1)N1CCN(c2cc(-c3ccc4ccccc4n3)no2)CC1. The first-order valence-electron chi connectivity index (χ1n) is 10.9. The van der Waals surface area contributed by atoms with Crippen molar-refractivity contribution in [3.63, 3.8) is 0 Å². The molecule has 1 aliphatic heterocycles. The summed E-state index contributed by atoms with van der Waals surface area (Å²) in [6.45, 7) is 2.83. The van der Waals surface area contributed by atoms with Gasteiger partial charge in [0.25, 0.3) is 0 Å². The van der Waals surface area contributed by atoms with E-state index in [2.05, 4.69) is 21.4 Å². The number of amides is 2. The van der Waals surface area contributed by atoms with E-state index < -0.39 is 0 Å². The van der Waals surface area contributed by atoms with E-state index in [1.165, 1.54) is 19.3 Å². The van der Waals surface area contributed by atoms with Crippen molar-refractivity contribution in [2.24, 2.45) is 0 Å². The summed E-state index contributed by atoms with van der Waals surface area (Å²) in [5.41, 5.74) is 2.47. The lowest BCUT2D eigenvalue weighted by molar-refractivity contribution is 0.185. The van der Waals surface area contributed by atoms with Crippen LogP contribution >= 0.6 is 0 Å². The summed E-state index contributed by atoms with van der Waals surface area (Å²) >= 11 is 0. The summed E-state index contributed by atoms with van der Waals surface area (Å²) in [6, 6.07) is 14.4. The number of aromatic nitrogens is 2. The molecule has 2 aliphatic rings. The molecule has 156 valence electrons. The number of hydrogen-bond donors (Lipinski definition) is 1. The van der Waals surface area contributed by atoms with E-state index in [4.69, 9.17) is 9.51 Å². The molecule has 1 saturated carbocycles. The first-order valence-corrected chi connectivity index (χ1v) is 10.9. The summed E-state index contributed by atoms with van der Waals surface area (Å²) in [5.74, 6) is 0.729. The largest absolute Gasteiger partial charge is 0.338 e. The number of nitrogens with one attached hydrogen (secondary N) is 1. The average Bonchev–Trinajstić information content (AvgIpc) is 3.30. The number of carbonyl (C=O) groups excluding carboxylic acids is 1. The van der Waals surface area contributed by atoms with Gasteiger partial charge in [-0.2, -0.15) is 0 Å². The Labute approximate surface area is 176 Å². The number of nitrogens with zero attached hydrogens (tertiary/aromatic N) is 4. The van der Waals surface area contributed by atoms with Crippen molar-refractivity contribution in [3.05, 3.63) is 42.5 Å². The number of fused-ring (bicyclic) bond motifs is 1. The number of piperazine rings is 1. The Morgan fingerprint density at radius 2 is 1.77 bits per heavy atom. The molecule has 30 heavy (non-hydrogen) atoms. The molecule has 0 atom stereocenters. The van der Waals surface area contributed by atoms with Crippen LogP contribution in [0.1, 0.15) is 32.1 Å². The average molecular weight is 406 g/mol. The van der Waals surface area contributed by atoms with Gasteiger partial charge in [-0.1, -0.05) is 48.7 Å². The van der Waals surface area contributed by atoms with Crippen molar-refractivity contribution in [1.82, 2.24) is 20.4 Å². The Bertz CT molecular complexity index is 1020. The van der Waals surface area contributed by atoms with Crippen LogP contribution in [0.4, 0.5) is 10.7 Å². The molecule has 2 amide bonds. The molecule has 2 aromatic heterocycles. The Kier molecular flexibility index (Phi) is 5.26. The second-order valence-electron chi connectivity index (χ2n) is 8.20. The van der Waals surface area contributed by atoms with Gasteiger partial charge in [-0.05, 0) is 25.0 Å². The van der Waals surface area contributed by atoms with Crippen LogP contribution in [0.15, 0.2) is 47.0 Å². The maximum Gasteiger partial charge on any atom is 0.317 e. The highest BCUT2D eigenvalue weighted by atomic mass is 16.5. The van der Waals surface area contributed by atoms with Gasteiger partial charge in [0.1, 0.15) is 5.69 Å². The molecule has 3 aromatic rings. The van der Waals surface area contributed by atoms with E-state index >= 15 is 0 Å². The van der Waals surface area contributed by atoms with Gasteiger partial charge in [0.05, 0.1) is 11.2 Å². The Balaban J connectivity index is 1.20. The molecule has 0 radical (unpaired) electrons. The zero-order valence-electron chi connectivity index (χ0n) is 17.1. The Hall–Kier alpha value is -3.09. The molecule has 7 heteroatoms. The van der Waals surface area contributed by atoms with Crippen molar-refractivity contribution in [1.29, 1.82) is 0 Å². The number of anilines is 1. The Morgan fingerprint density at radius 3 is 2.60 bits per heavy atom. The number of hydrogen-bond acceptors (Lipinski definition) is 5. The van der Waals surface area contributed by atoms with Crippen LogP contribution in [0.3, 0.4) is 0 Å². The van der Waals surface area contributed by atoms with Gasteiger partial charge >= 0.3 is 6.03 Å². The number of para-hydroxylation sites is 1. The predicted molar refractivity (Wildman–Crippen MR) is 116 cm³/mol. The van der Waals surface area contributed by atoms with Crippen LogP contribution in [0.5, 0.6) is 0 Å². The fourth-order valence-corrected chi connectivity index (χ4v) is 4.39. The second-order valence-corrected chi connectivity index (χ2v) is 8.20. The first-order chi connectivity index (χ1) is 14.8. The third-order valence-corrected chi connectivity index (χ3v) is 6.17. The lowest BCUT2D eigenvalue weighted by atomic mass is 9.96. The summed E-state index contributed by atoms with van der Waals surface area (Å²) < 4.78 is 5.60.